The van der Waals surface area contributed by atoms with Gasteiger partial charge in [-0.15, -0.1) is 10.2 Å². The minimum absolute atomic E-state index is 0.116. The van der Waals surface area contributed by atoms with E-state index in [-0.39, 0.29) is 18.1 Å². The highest BCUT2D eigenvalue weighted by molar-refractivity contribution is 5.85. The van der Waals surface area contributed by atoms with Crippen molar-refractivity contribution in [1.29, 1.82) is 0 Å². The lowest BCUT2D eigenvalue weighted by atomic mass is 10.1. The van der Waals surface area contributed by atoms with E-state index in [2.05, 4.69) is 15.5 Å². The Bertz CT molecular complexity index is 642. The number of carboxylic acids is 1. The Morgan fingerprint density at radius 3 is 2.52 bits per heavy atom. The molecule has 0 saturated heterocycles. The van der Waals surface area contributed by atoms with Crippen LogP contribution in [-0.2, 0) is 12.7 Å². The molecule has 5 nitrogen and oxygen atoms in total. The van der Waals surface area contributed by atoms with Gasteiger partial charge in [-0.25, -0.2) is 4.79 Å². The Labute approximate surface area is 117 Å². The Hall–Kier alpha value is -2.64. The highest BCUT2D eigenvalue weighted by Crippen LogP contribution is 2.29. The summed E-state index contributed by atoms with van der Waals surface area (Å²) in [6, 6.07) is 7.53. The average molecular weight is 297 g/mol. The smallest absolute Gasteiger partial charge is 0.416 e. The van der Waals surface area contributed by atoms with E-state index in [4.69, 9.17) is 5.11 Å². The predicted molar refractivity (Wildman–Crippen MR) is 67.8 cm³/mol. The highest BCUT2D eigenvalue weighted by Gasteiger charge is 2.30. The van der Waals surface area contributed by atoms with Crippen LogP contribution in [0.1, 0.15) is 21.6 Å². The van der Waals surface area contributed by atoms with Gasteiger partial charge in [0.25, 0.3) is 0 Å². The van der Waals surface area contributed by atoms with Gasteiger partial charge >= 0.3 is 12.1 Å². The van der Waals surface area contributed by atoms with Crippen LogP contribution in [0.3, 0.4) is 0 Å². The largest absolute Gasteiger partial charge is 0.476 e. The fraction of sp³-hybridized carbons (Fsp3) is 0.154. The molecule has 21 heavy (non-hydrogen) atoms. The van der Waals surface area contributed by atoms with Gasteiger partial charge in [-0.1, -0.05) is 12.1 Å². The summed E-state index contributed by atoms with van der Waals surface area (Å²) < 4.78 is 37.7. The number of alkyl halides is 3. The van der Waals surface area contributed by atoms with Crippen LogP contribution >= 0.6 is 0 Å². The number of anilines is 1. The van der Waals surface area contributed by atoms with E-state index in [0.717, 1.165) is 12.1 Å². The van der Waals surface area contributed by atoms with Gasteiger partial charge in [0.15, 0.2) is 5.69 Å². The fourth-order valence-electron chi connectivity index (χ4n) is 1.59. The number of halogens is 3. The lowest BCUT2D eigenvalue weighted by Gasteiger charge is -2.09. The monoisotopic (exact) mass is 297 g/mol. The van der Waals surface area contributed by atoms with Crippen LogP contribution in [0, 0.1) is 0 Å². The van der Waals surface area contributed by atoms with Crippen LogP contribution in [0.25, 0.3) is 0 Å². The maximum atomic E-state index is 12.6. The second-order valence-corrected chi connectivity index (χ2v) is 4.16. The molecular formula is C13H10F3N3O2. The van der Waals surface area contributed by atoms with E-state index in [9.17, 15) is 18.0 Å². The lowest BCUT2D eigenvalue weighted by molar-refractivity contribution is -0.137. The molecule has 8 heteroatoms. The molecule has 1 aromatic heterocycles. The molecule has 0 aliphatic carbocycles. The van der Waals surface area contributed by atoms with Gasteiger partial charge in [-0.3, -0.25) is 0 Å². The molecular weight excluding hydrogens is 287 g/mol. The van der Waals surface area contributed by atoms with Gasteiger partial charge in [0.2, 0.25) is 0 Å². The van der Waals surface area contributed by atoms with E-state index in [0.29, 0.717) is 5.56 Å². The zero-order chi connectivity index (χ0) is 15.5. The second-order valence-electron chi connectivity index (χ2n) is 4.16. The first-order valence-electron chi connectivity index (χ1n) is 5.83. The summed E-state index contributed by atoms with van der Waals surface area (Å²) in [6.45, 7) is 0.116. The predicted octanol–water partition coefficient (Wildman–Crippen LogP) is 2.81. The molecule has 2 aromatic rings. The van der Waals surface area contributed by atoms with Gasteiger partial charge in [0.1, 0.15) is 5.82 Å². The van der Waals surface area contributed by atoms with Crippen molar-refractivity contribution >= 4 is 11.8 Å². The standard InChI is InChI=1S/C13H10F3N3O2/c14-13(15,16)9-3-1-2-8(6-9)7-17-11-5-4-10(12(20)21)18-19-11/h1-6H,7H2,(H,17,19)(H,20,21). The second kappa shape index (κ2) is 5.78. The zero-order valence-electron chi connectivity index (χ0n) is 10.6. The first-order chi connectivity index (χ1) is 9.86. The zero-order valence-corrected chi connectivity index (χ0v) is 10.6. The van der Waals surface area contributed by atoms with E-state index < -0.39 is 17.7 Å². The third-order valence-electron chi connectivity index (χ3n) is 2.61. The van der Waals surface area contributed by atoms with Gasteiger partial charge in [0, 0.05) is 6.54 Å². The Morgan fingerprint density at radius 2 is 1.95 bits per heavy atom. The summed E-state index contributed by atoms with van der Waals surface area (Å²) in [5.74, 6) is -0.927. The van der Waals surface area contributed by atoms with Gasteiger partial charge in [-0.05, 0) is 29.8 Å². The van der Waals surface area contributed by atoms with Crippen molar-refractivity contribution in [3.8, 4) is 0 Å². The first-order valence-corrected chi connectivity index (χ1v) is 5.83. The number of hydrogen-bond donors (Lipinski definition) is 2. The van der Waals surface area contributed by atoms with Crippen molar-refractivity contribution in [2.24, 2.45) is 0 Å². The molecule has 2 N–H and O–H groups in total. The molecule has 0 aliphatic heterocycles. The fourth-order valence-corrected chi connectivity index (χ4v) is 1.59. The molecule has 0 bridgehead atoms. The molecule has 0 radical (unpaired) electrons. The molecule has 0 fully saturated rings. The minimum Gasteiger partial charge on any atom is -0.476 e. The van der Waals surface area contributed by atoms with E-state index in [1.807, 2.05) is 0 Å². The topological polar surface area (TPSA) is 75.1 Å². The summed E-state index contributed by atoms with van der Waals surface area (Å²) in [4.78, 5) is 10.6. The molecule has 0 amide bonds. The van der Waals surface area contributed by atoms with Crippen LogP contribution in [0.5, 0.6) is 0 Å². The SMILES string of the molecule is O=C(O)c1ccc(NCc2cccc(C(F)(F)F)c2)nn1. The Balaban J connectivity index is 2.04. The number of hydrogen-bond acceptors (Lipinski definition) is 4. The molecule has 0 unspecified atom stereocenters. The highest BCUT2D eigenvalue weighted by atomic mass is 19.4. The maximum absolute atomic E-state index is 12.6. The Morgan fingerprint density at radius 1 is 1.19 bits per heavy atom. The number of nitrogens with zero attached hydrogens (tertiary/aromatic N) is 2. The molecule has 1 aromatic carbocycles. The number of carboxylic acid groups (broad SMARTS) is 1. The normalized spacial score (nSPS) is 11.2. The lowest BCUT2D eigenvalue weighted by Crippen LogP contribution is -2.08. The van der Waals surface area contributed by atoms with Gasteiger partial charge in [-0.2, -0.15) is 13.2 Å². The molecule has 1 heterocycles. The summed E-state index contributed by atoms with van der Waals surface area (Å²) in [6.07, 6.45) is -4.39. The molecule has 0 atom stereocenters. The molecule has 110 valence electrons. The van der Waals surface area contributed by atoms with E-state index >= 15 is 0 Å². The third-order valence-corrected chi connectivity index (χ3v) is 2.61. The molecule has 0 aliphatic rings. The van der Waals surface area contributed by atoms with E-state index in [1.54, 1.807) is 6.07 Å². The molecule has 0 spiro atoms. The van der Waals surface area contributed by atoms with Crippen LogP contribution in [-0.4, -0.2) is 21.3 Å². The maximum Gasteiger partial charge on any atom is 0.416 e. The van der Waals surface area contributed by atoms with E-state index in [1.165, 1.54) is 18.2 Å². The summed E-state index contributed by atoms with van der Waals surface area (Å²) >= 11 is 0. The summed E-state index contributed by atoms with van der Waals surface area (Å²) in [5, 5.41) is 18.5. The summed E-state index contributed by atoms with van der Waals surface area (Å²) in [5.41, 5.74) is -0.511. The number of rotatable bonds is 4. The van der Waals surface area contributed by atoms with Crippen molar-refractivity contribution in [1.82, 2.24) is 10.2 Å². The van der Waals surface area contributed by atoms with Crippen LogP contribution in [0.2, 0.25) is 0 Å². The minimum atomic E-state index is -4.39. The number of aromatic carboxylic acids is 1. The molecule has 0 saturated carbocycles. The number of nitrogens with one attached hydrogen (secondary N) is 1. The molecule has 2 rings (SSSR count). The number of carbonyl (C=O) groups is 1. The van der Waals surface area contributed by atoms with Crippen molar-refractivity contribution in [3.05, 3.63) is 53.2 Å². The average Bonchev–Trinajstić information content (AvgIpc) is 2.45. The number of aromatic nitrogens is 2. The third kappa shape index (κ3) is 3.91. The van der Waals surface area contributed by atoms with Crippen molar-refractivity contribution in [2.75, 3.05) is 5.32 Å². The van der Waals surface area contributed by atoms with Crippen LogP contribution < -0.4 is 5.32 Å². The Kier molecular flexibility index (Phi) is 4.06. The quantitative estimate of drug-likeness (QED) is 0.907. The first kappa shape index (κ1) is 14.8. The summed E-state index contributed by atoms with van der Waals surface area (Å²) in [7, 11) is 0. The van der Waals surface area contributed by atoms with Gasteiger partial charge in [0.05, 0.1) is 5.56 Å². The van der Waals surface area contributed by atoms with Crippen molar-refractivity contribution < 1.29 is 23.1 Å². The van der Waals surface area contributed by atoms with Crippen LogP contribution in [0.4, 0.5) is 19.0 Å². The van der Waals surface area contributed by atoms with Crippen molar-refractivity contribution in [2.45, 2.75) is 12.7 Å². The van der Waals surface area contributed by atoms with Crippen LogP contribution in [0.15, 0.2) is 36.4 Å². The van der Waals surface area contributed by atoms with Crippen molar-refractivity contribution in [3.63, 3.8) is 0 Å². The number of benzene rings is 1. The van der Waals surface area contributed by atoms with Gasteiger partial charge < -0.3 is 10.4 Å².